The van der Waals surface area contributed by atoms with Crippen LogP contribution in [0.1, 0.15) is 19.8 Å². The van der Waals surface area contributed by atoms with Gasteiger partial charge in [0.25, 0.3) is 0 Å². The summed E-state index contributed by atoms with van der Waals surface area (Å²) in [6.07, 6.45) is 7.89. The lowest BCUT2D eigenvalue weighted by molar-refractivity contribution is -0.155. The van der Waals surface area contributed by atoms with Crippen molar-refractivity contribution in [3.05, 3.63) is 24.4 Å². The van der Waals surface area contributed by atoms with Crippen molar-refractivity contribution in [2.24, 2.45) is 5.92 Å². The number of hydrogen-bond donors (Lipinski definition) is 1. The number of carbonyl (C=O) groups excluding carboxylic acids is 2. The van der Waals surface area contributed by atoms with Crippen LogP contribution in [0.2, 0.25) is 0 Å². The highest BCUT2D eigenvalue weighted by Crippen LogP contribution is 2.25. The molecule has 0 spiro atoms. The zero-order valence-corrected chi connectivity index (χ0v) is 11.7. The van der Waals surface area contributed by atoms with Crippen molar-refractivity contribution >= 4 is 40.9 Å². The highest BCUT2D eigenvalue weighted by molar-refractivity contribution is 8.11. The lowest BCUT2D eigenvalue weighted by atomic mass is 10.0. The predicted molar refractivity (Wildman–Crippen MR) is 75.7 cm³/mol. The van der Waals surface area contributed by atoms with E-state index in [2.05, 4.69) is 12.6 Å². The number of allylic oxidation sites excluding steroid dienone is 2. The molecule has 0 bridgehead atoms. The molecule has 2 amide bonds. The third-order valence-corrected chi connectivity index (χ3v) is 3.90. The van der Waals surface area contributed by atoms with Crippen LogP contribution in [0.15, 0.2) is 24.4 Å². The smallest absolute Gasteiger partial charge is 0.248 e. The van der Waals surface area contributed by atoms with Gasteiger partial charge in [-0.3, -0.25) is 14.6 Å². The number of hydrazine groups is 1. The number of carbonyl (C=O) groups is 2. The van der Waals surface area contributed by atoms with Gasteiger partial charge < -0.3 is 0 Å². The largest absolute Gasteiger partial charge is 0.276 e. The first-order chi connectivity index (χ1) is 8.52. The second-order valence-corrected chi connectivity index (χ2v) is 5.55. The molecule has 2 aliphatic heterocycles. The van der Waals surface area contributed by atoms with E-state index in [1.807, 2.05) is 19.1 Å². The summed E-state index contributed by atoms with van der Waals surface area (Å²) in [5.74, 6) is -0.366. The molecule has 2 atom stereocenters. The summed E-state index contributed by atoms with van der Waals surface area (Å²) >= 11 is 9.27. The first kappa shape index (κ1) is 13.3. The summed E-state index contributed by atoms with van der Waals surface area (Å²) in [6, 6.07) is -0.147. The predicted octanol–water partition coefficient (Wildman–Crippen LogP) is 1.70. The lowest BCUT2D eigenvalue weighted by Gasteiger charge is -2.38. The maximum atomic E-state index is 11.8. The van der Waals surface area contributed by atoms with Crippen molar-refractivity contribution in [3.63, 3.8) is 0 Å². The van der Waals surface area contributed by atoms with E-state index >= 15 is 0 Å². The zero-order chi connectivity index (χ0) is 13.3. The molecule has 0 radical (unpaired) electrons. The van der Waals surface area contributed by atoms with Crippen molar-refractivity contribution in [1.29, 1.82) is 0 Å². The van der Waals surface area contributed by atoms with Crippen LogP contribution in [-0.2, 0) is 9.59 Å². The Kier molecular flexibility index (Phi) is 3.87. The van der Waals surface area contributed by atoms with Gasteiger partial charge in [-0.25, -0.2) is 0 Å². The summed E-state index contributed by atoms with van der Waals surface area (Å²) in [6.45, 7) is 1.93. The summed E-state index contributed by atoms with van der Waals surface area (Å²) < 4.78 is 0.559. The maximum absolute atomic E-state index is 11.8. The fourth-order valence-corrected chi connectivity index (χ4v) is 2.36. The van der Waals surface area contributed by atoms with Crippen LogP contribution in [-0.4, -0.2) is 32.1 Å². The number of thiocarbonyl (C=S) groups is 1. The standard InChI is InChI=1S/C12H14N2O2S2/c1-8(12(17)18)9-4-2-3-7-13(9)14-10(15)5-6-11(14)16/h2-4,7-9H,5-6H2,1H3,(H,17,18). The molecular weight excluding hydrogens is 268 g/mol. The Labute approximate surface area is 117 Å². The number of hydrogen-bond acceptors (Lipinski definition) is 4. The maximum Gasteiger partial charge on any atom is 0.248 e. The molecule has 0 aromatic heterocycles. The molecule has 96 valence electrons. The topological polar surface area (TPSA) is 40.6 Å². The van der Waals surface area contributed by atoms with Crippen molar-refractivity contribution in [2.75, 3.05) is 0 Å². The van der Waals surface area contributed by atoms with E-state index in [9.17, 15) is 9.59 Å². The summed E-state index contributed by atoms with van der Waals surface area (Å²) in [4.78, 5) is 23.6. The molecule has 0 N–H and O–H groups in total. The Morgan fingerprint density at radius 1 is 1.39 bits per heavy atom. The molecule has 4 nitrogen and oxygen atoms in total. The van der Waals surface area contributed by atoms with Crippen LogP contribution in [0.5, 0.6) is 0 Å². The van der Waals surface area contributed by atoms with Gasteiger partial charge in [0.05, 0.1) is 10.2 Å². The summed E-state index contributed by atoms with van der Waals surface area (Å²) in [5, 5.41) is 2.87. The molecule has 0 aromatic rings. The van der Waals surface area contributed by atoms with E-state index < -0.39 is 0 Å². The molecule has 2 unspecified atom stereocenters. The van der Waals surface area contributed by atoms with Crippen molar-refractivity contribution in [1.82, 2.24) is 10.0 Å². The minimum absolute atomic E-state index is 0.0364. The van der Waals surface area contributed by atoms with Crippen molar-refractivity contribution in [2.45, 2.75) is 25.8 Å². The van der Waals surface area contributed by atoms with Gasteiger partial charge in [0.15, 0.2) is 0 Å². The molecule has 6 heteroatoms. The van der Waals surface area contributed by atoms with Gasteiger partial charge in [-0.2, -0.15) is 5.01 Å². The molecule has 18 heavy (non-hydrogen) atoms. The highest BCUT2D eigenvalue weighted by atomic mass is 32.1. The Morgan fingerprint density at radius 2 is 2.00 bits per heavy atom. The zero-order valence-electron chi connectivity index (χ0n) is 9.94. The third kappa shape index (κ3) is 2.35. The fraction of sp³-hybridized carbons (Fsp3) is 0.417. The minimum Gasteiger partial charge on any atom is -0.276 e. The van der Waals surface area contributed by atoms with Crippen LogP contribution in [0.25, 0.3) is 0 Å². The quantitative estimate of drug-likeness (QED) is 0.486. The van der Waals surface area contributed by atoms with Gasteiger partial charge in [0, 0.05) is 25.0 Å². The van der Waals surface area contributed by atoms with E-state index in [4.69, 9.17) is 12.2 Å². The first-order valence-electron chi connectivity index (χ1n) is 5.74. The average molecular weight is 282 g/mol. The first-order valence-corrected chi connectivity index (χ1v) is 6.59. The Balaban J connectivity index is 2.27. The number of imide groups is 1. The van der Waals surface area contributed by atoms with E-state index in [0.29, 0.717) is 4.20 Å². The molecule has 1 fully saturated rings. The van der Waals surface area contributed by atoms with Gasteiger partial charge >= 0.3 is 0 Å². The Morgan fingerprint density at radius 3 is 2.56 bits per heavy atom. The normalized spacial score (nSPS) is 24.9. The third-order valence-electron chi connectivity index (χ3n) is 3.12. The van der Waals surface area contributed by atoms with Crippen molar-refractivity contribution in [3.8, 4) is 0 Å². The summed E-state index contributed by atoms with van der Waals surface area (Å²) in [5.41, 5.74) is 0. The fourth-order valence-electron chi connectivity index (χ4n) is 2.07. The number of nitrogens with zero attached hydrogens (tertiary/aromatic N) is 2. The Hall–Kier alpha value is -1.14. The van der Waals surface area contributed by atoms with Crippen molar-refractivity contribution < 1.29 is 9.59 Å². The molecule has 2 aliphatic rings. The highest BCUT2D eigenvalue weighted by Gasteiger charge is 2.37. The number of rotatable bonds is 3. The molecule has 2 rings (SSSR count). The second-order valence-electron chi connectivity index (χ2n) is 4.32. The van der Waals surface area contributed by atoms with E-state index in [-0.39, 0.29) is 36.6 Å². The van der Waals surface area contributed by atoms with Gasteiger partial charge in [0.1, 0.15) is 0 Å². The SMILES string of the molecule is CC(C(=S)S)C1C=CC=CN1N1C(=O)CCC1=O. The number of thiol groups is 1. The van der Waals surface area contributed by atoms with Gasteiger partial charge in [-0.05, 0) is 6.08 Å². The molecular formula is C12H14N2O2S2. The van der Waals surface area contributed by atoms with E-state index in [1.165, 1.54) is 5.01 Å². The second kappa shape index (κ2) is 5.24. The van der Waals surface area contributed by atoms with Crippen LogP contribution in [0, 0.1) is 5.92 Å². The molecule has 1 saturated heterocycles. The van der Waals surface area contributed by atoms with Gasteiger partial charge in [0.2, 0.25) is 11.8 Å². The molecule has 0 aliphatic carbocycles. The molecule has 0 saturated carbocycles. The van der Waals surface area contributed by atoms with Crippen LogP contribution in [0.3, 0.4) is 0 Å². The van der Waals surface area contributed by atoms with Gasteiger partial charge in [-0.15, -0.1) is 12.6 Å². The van der Waals surface area contributed by atoms with E-state index in [0.717, 1.165) is 0 Å². The van der Waals surface area contributed by atoms with E-state index in [1.54, 1.807) is 17.3 Å². The minimum atomic E-state index is -0.165. The average Bonchev–Trinajstić information content (AvgIpc) is 2.68. The number of amides is 2. The molecule has 0 aromatic carbocycles. The van der Waals surface area contributed by atoms with Crippen LogP contribution < -0.4 is 0 Å². The van der Waals surface area contributed by atoms with Crippen LogP contribution >= 0.6 is 24.8 Å². The summed E-state index contributed by atoms with van der Waals surface area (Å²) in [7, 11) is 0. The van der Waals surface area contributed by atoms with Gasteiger partial charge in [-0.1, -0.05) is 31.3 Å². The monoisotopic (exact) mass is 282 g/mol. The van der Waals surface area contributed by atoms with Crippen LogP contribution in [0.4, 0.5) is 0 Å². The Bertz CT molecular complexity index is 443. The lowest BCUT2D eigenvalue weighted by Crippen LogP contribution is -2.51. The molecule has 2 heterocycles.